The van der Waals surface area contributed by atoms with Crippen molar-refractivity contribution in [3.8, 4) is 0 Å². The van der Waals surface area contributed by atoms with E-state index in [2.05, 4.69) is 17.1 Å². The molecular formula is C12H13NOP+. The Morgan fingerprint density at radius 3 is 2.53 bits per heavy atom. The maximum absolute atomic E-state index is 11.8. The lowest BCUT2D eigenvalue weighted by molar-refractivity contribution is 0.592. The highest BCUT2D eigenvalue weighted by Gasteiger charge is 2.19. The summed E-state index contributed by atoms with van der Waals surface area (Å²) in [6.45, 7) is 0. The van der Waals surface area contributed by atoms with Gasteiger partial charge in [0.15, 0.2) is 6.16 Å². The van der Waals surface area contributed by atoms with Crippen LogP contribution in [0, 0.1) is 0 Å². The van der Waals surface area contributed by atoms with Crippen LogP contribution in [0.3, 0.4) is 0 Å². The highest BCUT2D eigenvalue weighted by atomic mass is 31.1. The van der Waals surface area contributed by atoms with Crippen LogP contribution in [0.4, 0.5) is 0 Å². The molecule has 0 aliphatic carbocycles. The average Bonchev–Trinajstić information content (AvgIpc) is 2.81. The van der Waals surface area contributed by atoms with Gasteiger partial charge >= 0.3 is 7.80 Å². The van der Waals surface area contributed by atoms with E-state index >= 15 is 0 Å². The van der Waals surface area contributed by atoms with Crippen LogP contribution in [-0.2, 0) is 11.0 Å². The highest BCUT2D eigenvalue weighted by Crippen LogP contribution is 2.19. The van der Waals surface area contributed by atoms with Crippen LogP contribution in [0.25, 0.3) is 0 Å². The Labute approximate surface area is 90.1 Å². The monoisotopic (exact) mass is 218 g/mol. The molecule has 1 heterocycles. The molecule has 1 unspecified atom stereocenters. The van der Waals surface area contributed by atoms with E-state index in [1.54, 1.807) is 0 Å². The largest absolute Gasteiger partial charge is 0.395 e. The van der Waals surface area contributed by atoms with Gasteiger partial charge in [0.25, 0.3) is 5.44 Å². The van der Waals surface area contributed by atoms with E-state index < -0.39 is 7.80 Å². The number of aryl methyl sites for hydroxylation is 1. The molecule has 0 aliphatic rings. The highest BCUT2D eigenvalue weighted by molar-refractivity contribution is 7.53. The van der Waals surface area contributed by atoms with Crippen molar-refractivity contribution in [3.05, 3.63) is 54.2 Å². The molecule has 76 valence electrons. The van der Waals surface area contributed by atoms with E-state index in [4.69, 9.17) is 0 Å². The number of nitrogens with one attached hydrogen (secondary N) is 1. The molecule has 15 heavy (non-hydrogen) atoms. The van der Waals surface area contributed by atoms with E-state index in [-0.39, 0.29) is 0 Å². The maximum atomic E-state index is 11.8. The molecular weight excluding hydrogens is 205 g/mol. The molecule has 0 radical (unpaired) electrons. The Balaban J connectivity index is 1.92. The molecule has 0 amide bonds. The number of aromatic amines is 1. The van der Waals surface area contributed by atoms with Gasteiger partial charge in [0, 0.05) is 18.7 Å². The SMILES string of the molecule is O=[P+](CCc1ccccc1)c1ccc[nH]1. The smallest absolute Gasteiger partial charge is 0.324 e. The Morgan fingerprint density at radius 1 is 1.07 bits per heavy atom. The second-order valence-corrected chi connectivity index (χ2v) is 5.08. The van der Waals surface area contributed by atoms with Crippen molar-refractivity contribution in [1.82, 2.24) is 4.98 Å². The average molecular weight is 218 g/mol. The van der Waals surface area contributed by atoms with Crippen molar-refractivity contribution < 1.29 is 4.57 Å². The molecule has 1 aromatic carbocycles. The summed E-state index contributed by atoms with van der Waals surface area (Å²) in [4.78, 5) is 2.99. The van der Waals surface area contributed by atoms with Crippen LogP contribution < -0.4 is 5.44 Å². The van der Waals surface area contributed by atoms with Gasteiger partial charge in [0.2, 0.25) is 0 Å². The number of H-pyrrole nitrogens is 1. The second kappa shape index (κ2) is 4.90. The number of hydrogen-bond acceptors (Lipinski definition) is 1. The predicted octanol–water partition coefficient (Wildman–Crippen LogP) is 2.71. The first-order valence-electron chi connectivity index (χ1n) is 4.98. The minimum Gasteiger partial charge on any atom is -0.324 e. The van der Waals surface area contributed by atoms with Crippen LogP contribution in [-0.4, -0.2) is 11.1 Å². The van der Waals surface area contributed by atoms with Gasteiger partial charge in [-0.15, -0.1) is 0 Å². The maximum Gasteiger partial charge on any atom is 0.395 e. The van der Waals surface area contributed by atoms with E-state index in [0.29, 0.717) is 6.16 Å². The van der Waals surface area contributed by atoms with Crippen LogP contribution in [0.5, 0.6) is 0 Å². The summed E-state index contributed by atoms with van der Waals surface area (Å²) >= 11 is 0. The number of benzene rings is 1. The fourth-order valence-electron chi connectivity index (χ4n) is 1.47. The molecule has 0 fully saturated rings. The molecule has 1 aromatic heterocycles. The molecule has 0 saturated carbocycles. The third kappa shape index (κ3) is 2.77. The third-order valence-electron chi connectivity index (χ3n) is 2.30. The van der Waals surface area contributed by atoms with Crippen molar-refractivity contribution in [2.24, 2.45) is 0 Å². The standard InChI is InChI=1S/C12H13NOP/c14-15(12-7-4-9-13-12)10-8-11-5-2-1-3-6-11/h1-7,9,13H,8,10H2/q+1. The molecule has 1 atom stereocenters. The van der Waals surface area contributed by atoms with Gasteiger partial charge in [-0.05, 0) is 11.6 Å². The summed E-state index contributed by atoms with van der Waals surface area (Å²) in [7, 11) is -1.27. The Kier molecular flexibility index (Phi) is 3.31. The van der Waals surface area contributed by atoms with Crippen LogP contribution in [0.15, 0.2) is 48.7 Å². The number of rotatable bonds is 4. The van der Waals surface area contributed by atoms with E-state index in [1.807, 2.05) is 36.5 Å². The minimum atomic E-state index is -1.27. The summed E-state index contributed by atoms with van der Waals surface area (Å²) in [6, 6.07) is 13.9. The van der Waals surface area contributed by atoms with Gasteiger partial charge in [0.1, 0.15) is 0 Å². The molecule has 0 saturated heterocycles. The molecule has 2 nitrogen and oxygen atoms in total. The zero-order valence-corrected chi connectivity index (χ0v) is 9.28. The summed E-state index contributed by atoms with van der Waals surface area (Å²) in [6.07, 6.45) is 3.39. The summed E-state index contributed by atoms with van der Waals surface area (Å²) in [5, 5.41) is 0. The number of hydrogen-bond donors (Lipinski definition) is 1. The molecule has 2 rings (SSSR count). The Bertz CT molecular complexity index is 422. The van der Waals surface area contributed by atoms with Gasteiger partial charge in [-0.2, -0.15) is 0 Å². The lowest BCUT2D eigenvalue weighted by atomic mass is 10.2. The van der Waals surface area contributed by atoms with Gasteiger partial charge in [-0.1, -0.05) is 34.9 Å². The van der Waals surface area contributed by atoms with Crippen LogP contribution in [0.2, 0.25) is 0 Å². The van der Waals surface area contributed by atoms with Crippen molar-refractivity contribution >= 4 is 13.2 Å². The van der Waals surface area contributed by atoms with E-state index in [9.17, 15) is 4.57 Å². The first-order chi connectivity index (χ1) is 7.36. The Morgan fingerprint density at radius 2 is 1.87 bits per heavy atom. The van der Waals surface area contributed by atoms with Crippen LogP contribution in [0.1, 0.15) is 5.56 Å². The zero-order valence-electron chi connectivity index (χ0n) is 8.39. The van der Waals surface area contributed by atoms with Gasteiger partial charge < -0.3 is 4.98 Å². The topological polar surface area (TPSA) is 32.9 Å². The summed E-state index contributed by atoms with van der Waals surface area (Å²) in [5.74, 6) is 0. The minimum absolute atomic E-state index is 0.708. The third-order valence-corrected chi connectivity index (χ3v) is 3.74. The summed E-state index contributed by atoms with van der Waals surface area (Å²) in [5.41, 5.74) is 2.09. The predicted molar refractivity (Wildman–Crippen MR) is 63.0 cm³/mol. The van der Waals surface area contributed by atoms with E-state index in [0.717, 1.165) is 11.9 Å². The normalized spacial score (nSPS) is 11.3. The molecule has 3 heteroatoms. The lowest BCUT2D eigenvalue weighted by Gasteiger charge is -1.93. The number of aromatic nitrogens is 1. The molecule has 0 aliphatic heterocycles. The molecule has 0 spiro atoms. The van der Waals surface area contributed by atoms with Crippen LogP contribution >= 0.6 is 7.80 Å². The Hall–Kier alpha value is -1.40. The van der Waals surface area contributed by atoms with Gasteiger partial charge in [-0.3, -0.25) is 0 Å². The van der Waals surface area contributed by atoms with Crippen molar-refractivity contribution in [1.29, 1.82) is 0 Å². The fourth-order valence-corrected chi connectivity index (χ4v) is 2.64. The van der Waals surface area contributed by atoms with Crippen molar-refractivity contribution in [2.45, 2.75) is 6.42 Å². The molecule has 0 bridgehead atoms. The second-order valence-electron chi connectivity index (χ2n) is 3.39. The molecule has 2 aromatic rings. The van der Waals surface area contributed by atoms with Gasteiger partial charge in [-0.25, -0.2) is 0 Å². The van der Waals surface area contributed by atoms with Crippen molar-refractivity contribution in [3.63, 3.8) is 0 Å². The van der Waals surface area contributed by atoms with Gasteiger partial charge in [0.05, 0.1) is 0 Å². The lowest BCUT2D eigenvalue weighted by Crippen LogP contribution is -2.00. The first-order valence-corrected chi connectivity index (χ1v) is 6.43. The zero-order chi connectivity index (χ0) is 10.5. The van der Waals surface area contributed by atoms with E-state index in [1.165, 1.54) is 5.56 Å². The first kappa shape index (κ1) is 10.1. The molecule has 1 N–H and O–H groups in total. The summed E-state index contributed by atoms with van der Waals surface area (Å²) < 4.78 is 11.8. The van der Waals surface area contributed by atoms with Crippen molar-refractivity contribution in [2.75, 3.05) is 6.16 Å². The quantitative estimate of drug-likeness (QED) is 0.786. The fraction of sp³-hybridized carbons (Fsp3) is 0.167.